The average Bonchev–Trinajstić information content (AvgIpc) is 3.97. The van der Waals surface area contributed by atoms with E-state index in [1.54, 1.807) is 101 Å². The van der Waals surface area contributed by atoms with Crippen LogP contribution in [0.5, 0.6) is 0 Å². The van der Waals surface area contributed by atoms with Gasteiger partial charge in [-0.2, -0.15) is 0 Å². The summed E-state index contributed by atoms with van der Waals surface area (Å²) in [6.07, 6.45) is 5.02. The summed E-state index contributed by atoms with van der Waals surface area (Å²) in [4.78, 5) is 67.9. The smallest absolute Gasteiger partial charge is 0.272 e. The van der Waals surface area contributed by atoms with E-state index >= 15 is 0 Å². The van der Waals surface area contributed by atoms with Crippen molar-refractivity contribution in [2.45, 2.75) is 6.42 Å². The van der Waals surface area contributed by atoms with Crippen molar-refractivity contribution in [1.29, 1.82) is 5.41 Å². The zero-order valence-electron chi connectivity index (χ0n) is 34.3. The third-order valence-electron chi connectivity index (χ3n) is 9.90. The van der Waals surface area contributed by atoms with Crippen molar-refractivity contribution < 1.29 is 24.0 Å². The van der Waals surface area contributed by atoms with Crippen LogP contribution >= 0.6 is 35.6 Å². The van der Waals surface area contributed by atoms with Crippen LogP contribution in [-0.4, -0.2) is 85.0 Å². The maximum absolute atomic E-state index is 13.5. The van der Waals surface area contributed by atoms with Gasteiger partial charge in [0.05, 0.1) is 22.9 Å². The molecule has 5 amide bonds. The van der Waals surface area contributed by atoms with Gasteiger partial charge in [-0.05, 0) is 66.7 Å². The summed E-state index contributed by atoms with van der Waals surface area (Å²) >= 11 is 11.9. The first-order chi connectivity index (χ1) is 29.1. The van der Waals surface area contributed by atoms with Crippen LogP contribution in [0.3, 0.4) is 0 Å². The SMILES string of the molecule is Cl.Cn1cc(NC(=O)c2cc(NC(=O)c3cc(NC(=O)c4cc5cc(NC(=O)c6ccc(N(CCCl)CCCl)cc6)ccc5n4C)cn3C)cn2C)cc1C(=O)NCCC(=N)N. The second-order valence-corrected chi connectivity index (χ2v) is 15.1. The molecule has 0 aliphatic rings. The molecule has 6 aromatic rings. The van der Waals surface area contributed by atoms with Crippen LogP contribution in [0.15, 0.2) is 85.3 Å². The number of amidine groups is 1. The standard InChI is InChI=1S/C42H46Cl2N12O5.ClH/c1-52-22-28(19-33(52)39(58)47-14-11-37(45)46)49-40(59)34-20-29(23-53(34)2)50-41(60)35-21-30(24-54(35)3)51-42(61)36-18-26-17-27(7-10-32(26)55(36)4)48-38(57)25-5-8-31(9-6-25)56(15-12-43)16-13-44;/h5-10,17-24H,11-16H2,1-4H3,(H3,45,46)(H,47,58)(H,48,57)(H,49,59)(H,50,60)(H,51,61);1H. The van der Waals surface area contributed by atoms with Gasteiger partial charge in [-0.25, -0.2) is 0 Å². The molecule has 0 spiro atoms. The number of amides is 5. The fourth-order valence-electron chi connectivity index (χ4n) is 6.81. The molecular weight excluding hydrogens is 859 g/mol. The monoisotopic (exact) mass is 904 g/mol. The lowest BCUT2D eigenvalue weighted by molar-refractivity contribution is 0.0943. The first kappa shape index (κ1) is 46.4. The Morgan fingerprint density at radius 2 is 1.08 bits per heavy atom. The van der Waals surface area contributed by atoms with E-state index in [9.17, 15) is 24.0 Å². The minimum Gasteiger partial charge on any atom is -0.388 e. The van der Waals surface area contributed by atoms with Crippen LogP contribution in [0.25, 0.3) is 10.9 Å². The van der Waals surface area contributed by atoms with E-state index in [4.69, 9.17) is 34.3 Å². The molecule has 0 bridgehead atoms. The second-order valence-electron chi connectivity index (χ2n) is 14.3. The van der Waals surface area contributed by atoms with Gasteiger partial charge >= 0.3 is 0 Å². The number of carbonyl (C=O) groups excluding carboxylic acids is 5. The van der Waals surface area contributed by atoms with Crippen molar-refractivity contribution in [3.05, 3.63) is 114 Å². The van der Waals surface area contributed by atoms with Crippen LogP contribution < -0.4 is 37.2 Å². The van der Waals surface area contributed by atoms with Gasteiger partial charge in [0.2, 0.25) is 0 Å². The Morgan fingerprint density at radius 1 is 0.613 bits per heavy atom. The quantitative estimate of drug-likeness (QED) is 0.0331. The number of anilines is 5. The van der Waals surface area contributed by atoms with Crippen molar-refractivity contribution in [1.82, 2.24) is 23.6 Å². The molecule has 0 radical (unpaired) electrons. The Labute approximate surface area is 373 Å². The highest BCUT2D eigenvalue weighted by molar-refractivity contribution is 6.18. The van der Waals surface area contributed by atoms with Gasteiger partial charge in [0, 0.05) is 112 Å². The topological polar surface area (TPSA) is 218 Å². The lowest BCUT2D eigenvalue weighted by Crippen LogP contribution is -2.28. The predicted molar refractivity (Wildman–Crippen MR) is 247 cm³/mol. The van der Waals surface area contributed by atoms with Crippen molar-refractivity contribution in [3.8, 4) is 0 Å². The number of nitrogens with two attached hydrogens (primary N) is 1. The molecule has 0 saturated heterocycles. The second kappa shape index (κ2) is 20.2. The molecule has 4 aromatic heterocycles. The number of hydrogen-bond donors (Lipinski definition) is 7. The van der Waals surface area contributed by atoms with Crippen molar-refractivity contribution >= 4 is 110 Å². The van der Waals surface area contributed by atoms with Gasteiger partial charge in [-0.15, -0.1) is 35.6 Å². The van der Waals surface area contributed by atoms with E-state index in [0.717, 1.165) is 16.6 Å². The highest BCUT2D eigenvalue weighted by Crippen LogP contribution is 2.26. The molecule has 62 heavy (non-hydrogen) atoms. The third-order valence-corrected chi connectivity index (χ3v) is 10.2. The Bertz CT molecular complexity index is 2640. The van der Waals surface area contributed by atoms with Gasteiger partial charge in [0.15, 0.2) is 0 Å². The summed E-state index contributed by atoms with van der Waals surface area (Å²) < 4.78 is 6.44. The number of benzene rings is 2. The largest absolute Gasteiger partial charge is 0.388 e. The molecule has 8 N–H and O–H groups in total. The zero-order valence-corrected chi connectivity index (χ0v) is 36.7. The number of fused-ring (bicyclic) bond motifs is 1. The van der Waals surface area contributed by atoms with Crippen LogP contribution in [0, 0.1) is 5.41 Å². The number of carbonyl (C=O) groups is 5. The fraction of sp³-hybridized carbons (Fsp3) is 0.238. The van der Waals surface area contributed by atoms with Crippen molar-refractivity contribution in [2.24, 2.45) is 33.9 Å². The number of nitrogens with one attached hydrogen (secondary N) is 6. The Morgan fingerprint density at radius 3 is 1.56 bits per heavy atom. The van der Waals surface area contributed by atoms with E-state index in [0.29, 0.717) is 64.6 Å². The summed E-state index contributed by atoms with van der Waals surface area (Å²) in [5.41, 5.74) is 10.4. The number of nitrogens with zero attached hydrogens (tertiary/aromatic N) is 5. The fourth-order valence-corrected chi connectivity index (χ4v) is 7.22. The van der Waals surface area contributed by atoms with Gasteiger partial charge in [0.25, 0.3) is 29.5 Å². The lowest BCUT2D eigenvalue weighted by atomic mass is 10.1. The van der Waals surface area contributed by atoms with Crippen LogP contribution in [0.2, 0.25) is 0 Å². The molecule has 2 aromatic carbocycles. The molecule has 0 atom stereocenters. The zero-order chi connectivity index (χ0) is 44.0. The maximum atomic E-state index is 13.5. The molecule has 0 aliphatic heterocycles. The number of rotatable bonds is 17. The molecule has 0 fully saturated rings. The number of aromatic nitrogens is 4. The average molecular weight is 906 g/mol. The molecule has 0 aliphatic carbocycles. The van der Waals surface area contributed by atoms with Gasteiger partial charge < -0.3 is 55.5 Å². The number of alkyl halides is 2. The molecular formula is C42H47Cl3N12O5. The molecule has 0 saturated carbocycles. The van der Waals surface area contributed by atoms with Crippen LogP contribution in [0.4, 0.5) is 28.4 Å². The van der Waals surface area contributed by atoms with E-state index in [1.807, 2.05) is 18.2 Å². The summed E-state index contributed by atoms with van der Waals surface area (Å²) in [7, 11) is 6.76. The normalized spacial score (nSPS) is 10.8. The minimum absolute atomic E-state index is 0. The summed E-state index contributed by atoms with van der Waals surface area (Å²) in [6, 6.07) is 18.9. The van der Waals surface area contributed by atoms with Crippen LogP contribution in [-0.2, 0) is 28.2 Å². The van der Waals surface area contributed by atoms with Crippen molar-refractivity contribution in [2.75, 3.05) is 57.6 Å². The summed E-state index contributed by atoms with van der Waals surface area (Å²) in [5, 5.41) is 22.1. The Hall–Kier alpha value is -6.69. The van der Waals surface area contributed by atoms with E-state index in [-0.39, 0.29) is 54.4 Å². The predicted octanol–water partition coefficient (Wildman–Crippen LogP) is 5.96. The highest BCUT2D eigenvalue weighted by atomic mass is 35.5. The molecule has 6 rings (SSSR count). The molecule has 0 unspecified atom stereocenters. The molecule has 326 valence electrons. The van der Waals surface area contributed by atoms with Crippen molar-refractivity contribution in [3.63, 3.8) is 0 Å². The molecule has 20 heteroatoms. The molecule has 4 heterocycles. The summed E-state index contributed by atoms with van der Waals surface area (Å²) in [5.74, 6) is -1.14. The first-order valence-corrected chi connectivity index (χ1v) is 20.1. The van der Waals surface area contributed by atoms with Gasteiger partial charge in [-0.1, -0.05) is 0 Å². The third kappa shape index (κ3) is 10.8. The van der Waals surface area contributed by atoms with E-state index in [2.05, 4.69) is 31.5 Å². The Balaban J connectivity index is 0.00000726. The van der Waals surface area contributed by atoms with E-state index < -0.39 is 17.7 Å². The highest BCUT2D eigenvalue weighted by Gasteiger charge is 2.21. The minimum atomic E-state index is -0.473. The van der Waals surface area contributed by atoms with Crippen LogP contribution in [0.1, 0.15) is 58.7 Å². The van der Waals surface area contributed by atoms with Gasteiger partial charge in [0.1, 0.15) is 22.8 Å². The van der Waals surface area contributed by atoms with Gasteiger partial charge in [-0.3, -0.25) is 29.4 Å². The Kier molecular flexibility index (Phi) is 15.1. The maximum Gasteiger partial charge on any atom is 0.272 e. The lowest BCUT2D eigenvalue weighted by Gasteiger charge is -2.22. The van der Waals surface area contributed by atoms with E-state index in [1.165, 1.54) is 12.1 Å². The number of hydrogen-bond acceptors (Lipinski definition) is 7. The number of aryl methyl sites for hydroxylation is 4. The number of halogens is 3. The summed E-state index contributed by atoms with van der Waals surface area (Å²) in [6.45, 7) is 1.48. The first-order valence-electron chi connectivity index (χ1n) is 19.1. The molecule has 17 nitrogen and oxygen atoms in total.